The fourth-order valence-corrected chi connectivity index (χ4v) is 2.59. The Bertz CT molecular complexity index is 533. The Morgan fingerprint density at radius 3 is 2.85 bits per heavy atom. The highest BCUT2D eigenvalue weighted by molar-refractivity contribution is 6.31. The zero-order chi connectivity index (χ0) is 14.7. The highest BCUT2D eigenvalue weighted by Crippen LogP contribution is 2.23. The van der Waals surface area contributed by atoms with Crippen LogP contribution < -0.4 is 10.6 Å². The number of carbonyl (C=O) groups is 2. The summed E-state index contributed by atoms with van der Waals surface area (Å²) in [4.78, 5) is 23.4. The number of halogens is 1. The minimum atomic E-state index is -1.10. The van der Waals surface area contributed by atoms with Gasteiger partial charge in [0.25, 0.3) is 0 Å². The molecule has 5 nitrogen and oxygen atoms in total. The molecule has 0 aliphatic carbocycles. The molecule has 108 valence electrons. The molecular weight excluding hydrogens is 280 g/mol. The molecule has 6 heteroatoms. The number of piperidine rings is 1. The number of anilines is 1. The van der Waals surface area contributed by atoms with E-state index >= 15 is 0 Å². The van der Waals surface area contributed by atoms with Crippen LogP contribution in [0.15, 0.2) is 18.2 Å². The SMILES string of the molecule is CC1CCCNC1C(=O)Nc1cc(Cl)ccc1C(=O)O. The smallest absolute Gasteiger partial charge is 0.337 e. The lowest BCUT2D eigenvalue weighted by molar-refractivity contribution is -0.119. The fourth-order valence-electron chi connectivity index (χ4n) is 2.42. The largest absolute Gasteiger partial charge is 0.478 e. The maximum absolute atomic E-state index is 12.3. The van der Waals surface area contributed by atoms with E-state index in [1.165, 1.54) is 18.2 Å². The van der Waals surface area contributed by atoms with E-state index in [0.717, 1.165) is 19.4 Å². The van der Waals surface area contributed by atoms with Gasteiger partial charge < -0.3 is 15.7 Å². The standard InChI is InChI=1S/C14H17ClN2O3/c1-8-3-2-6-16-12(8)13(18)17-11-7-9(15)4-5-10(11)14(19)20/h4-5,7-8,12,16H,2-3,6H2,1H3,(H,17,18)(H,19,20). The molecule has 2 rings (SSSR count). The lowest BCUT2D eigenvalue weighted by Crippen LogP contribution is -2.48. The minimum Gasteiger partial charge on any atom is -0.478 e. The number of hydrogen-bond acceptors (Lipinski definition) is 3. The molecule has 20 heavy (non-hydrogen) atoms. The molecule has 2 unspecified atom stereocenters. The summed E-state index contributed by atoms with van der Waals surface area (Å²) in [6, 6.07) is 4.03. The number of carboxylic acids is 1. The summed E-state index contributed by atoms with van der Waals surface area (Å²) in [5.41, 5.74) is 0.265. The van der Waals surface area contributed by atoms with E-state index in [9.17, 15) is 9.59 Å². The Labute approximate surface area is 122 Å². The van der Waals surface area contributed by atoms with Gasteiger partial charge in [0, 0.05) is 5.02 Å². The van der Waals surface area contributed by atoms with Gasteiger partial charge in [-0.15, -0.1) is 0 Å². The summed E-state index contributed by atoms with van der Waals surface area (Å²) in [5, 5.41) is 15.3. The summed E-state index contributed by atoms with van der Waals surface area (Å²) < 4.78 is 0. The molecule has 1 saturated heterocycles. The van der Waals surface area contributed by atoms with Crippen molar-refractivity contribution in [1.29, 1.82) is 0 Å². The zero-order valence-corrected chi connectivity index (χ0v) is 11.9. The van der Waals surface area contributed by atoms with Crippen molar-refractivity contribution in [2.75, 3.05) is 11.9 Å². The number of benzene rings is 1. The van der Waals surface area contributed by atoms with Gasteiger partial charge in [-0.3, -0.25) is 4.79 Å². The van der Waals surface area contributed by atoms with Crippen LogP contribution in [0, 0.1) is 5.92 Å². The van der Waals surface area contributed by atoms with Crippen molar-refractivity contribution in [3.8, 4) is 0 Å². The Kier molecular flexibility index (Phi) is 4.62. The third kappa shape index (κ3) is 3.29. The van der Waals surface area contributed by atoms with Gasteiger partial charge >= 0.3 is 5.97 Å². The highest BCUT2D eigenvalue weighted by atomic mass is 35.5. The van der Waals surface area contributed by atoms with Crippen molar-refractivity contribution < 1.29 is 14.7 Å². The van der Waals surface area contributed by atoms with Crippen LogP contribution in [-0.2, 0) is 4.79 Å². The Morgan fingerprint density at radius 2 is 2.20 bits per heavy atom. The Hall–Kier alpha value is -1.59. The number of aromatic carboxylic acids is 1. The molecule has 0 spiro atoms. The van der Waals surface area contributed by atoms with E-state index < -0.39 is 5.97 Å². The lowest BCUT2D eigenvalue weighted by Gasteiger charge is -2.29. The van der Waals surface area contributed by atoms with Gasteiger partial charge in [0.05, 0.1) is 17.3 Å². The highest BCUT2D eigenvalue weighted by Gasteiger charge is 2.28. The molecule has 1 aliphatic rings. The second kappa shape index (κ2) is 6.24. The van der Waals surface area contributed by atoms with Gasteiger partial charge in [-0.25, -0.2) is 4.79 Å². The zero-order valence-electron chi connectivity index (χ0n) is 11.1. The van der Waals surface area contributed by atoms with Crippen LogP contribution in [-0.4, -0.2) is 29.6 Å². The van der Waals surface area contributed by atoms with E-state index in [1.807, 2.05) is 6.92 Å². The summed E-state index contributed by atoms with van der Waals surface area (Å²) in [7, 11) is 0. The third-order valence-corrected chi connectivity index (χ3v) is 3.76. The van der Waals surface area contributed by atoms with Crippen LogP contribution in [0.3, 0.4) is 0 Å². The van der Waals surface area contributed by atoms with Crippen LogP contribution in [0.4, 0.5) is 5.69 Å². The molecule has 3 N–H and O–H groups in total. The average molecular weight is 297 g/mol. The third-order valence-electron chi connectivity index (χ3n) is 3.52. The van der Waals surface area contributed by atoms with Crippen molar-refractivity contribution in [3.63, 3.8) is 0 Å². The van der Waals surface area contributed by atoms with Gasteiger partial charge in [0.15, 0.2) is 0 Å². The summed E-state index contributed by atoms with van der Waals surface area (Å²) in [5.74, 6) is -1.10. The van der Waals surface area contributed by atoms with Crippen LogP contribution in [0.1, 0.15) is 30.1 Å². The van der Waals surface area contributed by atoms with E-state index in [1.54, 1.807) is 0 Å². The molecule has 1 aromatic rings. The predicted molar refractivity (Wildman–Crippen MR) is 77.2 cm³/mol. The van der Waals surface area contributed by atoms with Gasteiger partial charge in [-0.05, 0) is 43.5 Å². The molecule has 0 bridgehead atoms. The second-order valence-electron chi connectivity index (χ2n) is 5.04. The Balaban J connectivity index is 2.18. The number of amides is 1. The van der Waals surface area contributed by atoms with Gasteiger partial charge in [0.2, 0.25) is 5.91 Å². The van der Waals surface area contributed by atoms with Crippen molar-refractivity contribution >= 4 is 29.2 Å². The molecule has 2 atom stereocenters. The molecule has 1 amide bonds. The van der Waals surface area contributed by atoms with E-state index in [-0.39, 0.29) is 29.1 Å². The fraction of sp³-hybridized carbons (Fsp3) is 0.429. The van der Waals surface area contributed by atoms with Crippen LogP contribution in [0.25, 0.3) is 0 Å². The number of rotatable bonds is 3. The number of hydrogen-bond donors (Lipinski definition) is 3. The molecule has 0 radical (unpaired) electrons. The van der Waals surface area contributed by atoms with Gasteiger partial charge in [-0.1, -0.05) is 18.5 Å². The molecule has 0 saturated carbocycles. The maximum atomic E-state index is 12.3. The molecule has 1 aromatic carbocycles. The van der Waals surface area contributed by atoms with E-state index in [2.05, 4.69) is 10.6 Å². The van der Waals surface area contributed by atoms with Crippen LogP contribution in [0.2, 0.25) is 5.02 Å². The quantitative estimate of drug-likeness (QED) is 0.800. The summed E-state index contributed by atoms with van der Waals surface area (Å²) in [6.07, 6.45) is 2.02. The van der Waals surface area contributed by atoms with Crippen molar-refractivity contribution in [2.24, 2.45) is 5.92 Å². The minimum absolute atomic E-state index is 0.0335. The van der Waals surface area contributed by atoms with Gasteiger partial charge in [0.1, 0.15) is 0 Å². The molecule has 1 fully saturated rings. The molecule has 0 aromatic heterocycles. The lowest BCUT2D eigenvalue weighted by atomic mass is 9.92. The molecule has 1 heterocycles. The molecule has 1 aliphatic heterocycles. The summed E-state index contributed by atoms with van der Waals surface area (Å²) in [6.45, 7) is 2.80. The number of carbonyl (C=O) groups excluding carboxylic acids is 1. The van der Waals surface area contributed by atoms with Crippen molar-refractivity contribution in [3.05, 3.63) is 28.8 Å². The van der Waals surface area contributed by atoms with E-state index in [0.29, 0.717) is 5.02 Å². The first-order chi connectivity index (χ1) is 9.49. The number of carboxylic acid groups (broad SMARTS) is 1. The summed E-state index contributed by atoms with van der Waals surface area (Å²) >= 11 is 5.86. The average Bonchev–Trinajstić information content (AvgIpc) is 2.38. The van der Waals surface area contributed by atoms with Crippen LogP contribution in [0.5, 0.6) is 0 Å². The second-order valence-corrected chi connectivity index (χ2v) is 5.47. The number of nitrogens with one attached hydrogen (secondary N) is 2. The van der Waals surface area contributed by atoms with Crippen molar-refractivity contribution in [1.82, 2.24) is 5.32 Å². The topological polar surface area (TPSA) is 78.4 Å². The normalized spacial score (nSPS) is 22.3. The first-order valence-electron chi connectivity index (χ1n) is 6.56. The molecular formula is C14H17ClN2O3. The monoisotopic (exact) mass is 296 g/mol. The maximum Gasteiger partial charge on any atom is 0.337 e. The van der Waals surface area contributed by atoms with Crippen molar-refractivity contribution in [2.45, 2.75) is 25.8 Å². The van der Waals surface area contributed by atoms with Crippen LogP contribution >= 0.6 is 11.6 Å². The van der Waals surface area contributed by atoms with E-state index in [4.69, 9.17) is 16.7 Å². The first kappa shape index (κ1) is 14.8. The Morgan fingerprint density at radius 1 is 1.45 bits per heavy atom. The first-order valence-corrected chi connectivity index (χ1v) is 6.94. The van der Waals surface area contributed by atoms with Gasteiger partial charge in [-0.2, -0.15) is 0 Å². The predicted octanol–water partition coefficient (Wildman–Crippen LogP) is 2.36.